The molecule has 0 radical (unpaired) electrons. The number of aromatic nitrogens is 2. The third kappa shape index (κ3) is 3.08. The number of nitrogens with one attached hydrogen (secondary N) is 1. The molecular formula is C18H11BrClN3OS. The summed E-state index contributed by atoms with van der Waals surface area (Å²) in [6.45, 7) is 0. The molecule has 0 spiro atoms. The van der Waals surface area contributed by atoms with Crippen LogP contribution in [-0.2, 0) is 0 Å². The largest absolute Gasteiger partial charge is 0.306 e. The zero-order chi connectivity index (χ0) is 17.4. The minimum Gasteiger partial charge on any atom is -0.306 e. The SMILES string of the molecule is O=C(Nc1c(-c2cccs2)nc2ccccn12)c1cc(Br)ccc1Cl. The van der Waals surface area contributed by atoms with Gasteiger partial charge in [-0.15, -0.1) is 11.3 Å². The van der Waals surface area contributed by atoms with Gasteiger partial charge in [-0.2, -0.15) is 0 Å². The molecule has 7 heteroatoms. The lowest BCUT2D eigenvalue weighted by Crippen LogP contribution is -2.14. The zero-order valence-corrected chi connectivity index (χ0v) is 15.9. The van der Waals surface area contributed by atoms with E-state index < -0.39 is 0 Å². The second-order valence-electron chi connectivity index (χ2n) is 5.29. The number of imidazole rings is 1. The minimum atomic E-state index is -0.283. The van der Waals surface area contributed by atoms with Crippen molar-refractivity contribution in [1.82, 2.24) is 9.38 Å². The number of benzene rings is 1. The Morgan fingerprint density at radius 3 is 2.88 bits per heavy atom. The van der Waals surface area contributed by atoms with Crippen molar-refractivity contribution >= 4 is 56.2 Å². The van der Waals surface area contributed by atoms with Gasteiger partial charge in [0, 0.05) is 10.7 Å². The predicted molar refractivity (Wildman–Crippen MR) is 106 cm³/mol. The van der Waals surface area contributed by atoms with E-state index in [0.29, 0.717) is 16.4 Å². The van der Waals surface area contributed by atoms with Crippen molar-refractivity contribution in [1.29, 1.82) is 0 Å². The molecule has 1 amide bonds. The molecule has 3 heterocycles. The van der Waals surface area contributed by atoms with E-state index in [0.717, 1.165) is 20.7 Å². The molecule has 0 aliphatic rings. The highest BCUT2D eigenvalue weighted by molar-refractivity contribution is 9.10. The van der Waals surface area contributed by atoms with E-state index in [-0.39, 0.29) is 5.91 Å². The minimum absolute atomic E-state index is 0.283. The van der Waals surface area contributed by atoms with E-state index in [9.17, 15) is 4.79 Å². The molecule has 0 atom stereocenters. The Hall–Kier alpha value is -2.15. The molecule has 0 aliphatic carbocycles. The van der Waals surface area contributed by atoms with Gasteiger partial charge in [0.25, 0.3) is 5.91 Å². The van der Waals surface area contributed by atoms with Crippen molar-refractivity contribution in [2.75, 3.05) is 5.32 Å². The van der Waals surface area contributed by atoms with E-state index in [2.05, 4.69) is 26.2 Å². The van der Waals surface area contributed by atoms with Crippen LogP contribution in [0.15, 0.2) is 64.6 Å². The summed E-state index contributed by atoms with van der Waals surface area (Å²) >= 11 is 11.1. The standard InChI is InChI=1S/C18H11BrClN3OS/c19-11-6-7-13(20)12(10-11)18(24)22-17-16(14-4-3-9-25-14)21-15-5-1-2-8-23(15)17/h1-10H,(H,22,24). The predicted octanol–water partition coefficient (Wildman–Crippen LogP) is 5.73. The van der Waals surface area contributed by atoms with Crippen LogP contribution in [0.3, 0.4) is 0 Å². The van der Waals surface area contributed by atoms with Crippen molar-refractivity contribution in [2.45, 2.75) is 0 Å². The van der Waals surface area contributed by atoms with Gasteiger partial charge in [0.1, 0.15) is 17.2 Å². The number of nitrogens with zero attached hydrogens (tertiary/aromatic N) is 2. The number of carbonyl (C=O) groups excluding carboxylic acids is 1. The summed E-state index contributed by atoms with van der Waals surface area (Å²) in [7, 11) is 0. The van der Waals surface area contributed by atoms with E-state index in [4.69, 9.17) is 11.6 Å². The topological polar surface area (TPSA) is 46.4 Å². The Morgan fingerprint density at radius 1 is 1.20 bits per heavy atom. The van der Waals surface area contributed by atoms with E-state index in [1.54, 1.807) is 29.5 Å². The fourth-order valence-corrected chi connectivity index (χ4v) is 3.83. The molecule has 4 rings (SSSR count). The lowest BCUT2D eigenvalue weighted by Gasteiger charge is -2.08. The Morgan fingerprint density at radius 2 is 2.08 bits per heavy atom. The van der Waals surface area contributed by atoms with Gasteiger partial charge in [-0.05, 0) is 41.8 Å². The van der Waals surface area contributed by atoms with Gasteiger partial charge >= 0.3 is 0 Å². The number of fused-ring (bicyclic) bond motifs is 1. The number of pyridine rings is 1. The summed E-state index contributed by atoms with van der Waals surface area (Å²) in [5.74, 6) is 0.342. The van der Waals surface area contributed by atoms with Crippen LogP contribution in [0.5, 0.6) is 0 Å². The number of anilines is 1. The third-order valence-corrected chi connectivity index (χ3v) is 5.39. The maximum Gasteiger partial charge on any atom is 0.258 e. The van der Waals surface area contributed by atoms with Crippen LogP contribution >= 0.6 is 38.9 Å². The highest BCUT2D eigenvalue weighted by atomic mass is 79.9. The Labute approximate surface area is 161 Å². The quantitative estimate of drug-likeness (QED) is 0.449. The van der Waals surface area contributed by atoms with Crippen LogP contribution in [0, 0.1) is 0 Å². The lowest BCUT2D eigenvalue weighted by atomic mass is 10.2. The van der Waals surface area contributed by atoms with Crippen LogP contribution < -0.4 is 5.32 Å². The van der Waals surface area contributed by atoms with Crippen LogP contribution in [0.4, 0.5) is 5.82 Å². The third-order valence-electron chi connectivity index (χ3n) is 3.69. The molecule has 1 N–H and O–H groups in total. The van der Waals surface area contributed by atoms with Gasteiger partial charge < -0.3 is 5.32 Å². The maximum atomic E-state index is 12.8. The fourth-order valence-electron chi connectivity index (χ4n) is 2.55. The number of rotatable bonds is 3. The fraction of sp³-hybridized carbons (Fsp3) is 0. The number of hydrogen-bond donors (Lipinski definition) is 1. The Balaban J connectivity index is 1.82. The summed E-state index contributed by atoms with van der Waals surface area (Å²) in [6, 6.07) is 14.8. The molecule has 4 aromatic rings. The molecule has 0 aliphatic heterocycles. The van der Waals surface area contributed by atoms with Gasteiger partial charge in [0.05, 0.1) is 15.5 Å². The number of thiophene rings is 1. The number of carbonyl (C=O) groups is 1. The highest BCUT2D eigenvalue weighted by Crippen LogP contribution is 2.32. The van der Waals surface area contributed by atoms with Crippen LogP contribution in [0.2, 0.25) is 5.02 Å². The number of halogens is 2. The molecule has 25 heavy (non-hydrogen) atoms. The van der Waals surface area contributed by atoms with Gasteiger partial charge in [-0.25, -0.2) is 4.98 Å². The first kappa shape index (κ1) is 16.3. The highest BCUT2D eigenvalue weighted by Gasteiger charge is 2.19. The van der Waals surface area contributed by atoms with Crippen LogP contribution in [0.1, 0.15) is 10.4 Å². The number of hydrogen-bond acceptors (Lipinski definition) is 3. The van der Waals surface area contributed by atoms with Gasteiger partial charge in [0.15, 0.2) is 0 Å². The summed E-state index contributed by atoms with van der Waals surface area (Å²) in [4.78, 5) is 18.4. The maximum absolute atomic E-state index is 12.8. The molecular weight excluding hydrogens is 422 g/mol. The van der Waals surface area contributed by atoms with E-state index >= 15 is 0 Å². The first-order chi connectivity index (χ1) is 12.1. The molecule has 0 fully saturated rings. The normalized spacial score (nSPS) is 11.0. The van der Waals surface area contributed by atoms with Crippen LogP contribution in [0.25, 0.3) is 16.2 Å². The summed E-state index contributed by atoms with van der Waals surface area (Å²) in [5, 5.41) is 5.35. The van der Waals surface area contributed by atoms with Crippen molar-refractivity contribution in [3.8, 4) is 10.6 Å². The van der Waals surface area contributed by atoms with Gasteiger partial charge in [-0.3, -0.25) is 9.20 Å². The number of amides is 1. The summed E-state index contributed by atoms with van der Waals surface area (Å²) in [6.07, 6.45) is 1.87. The zero-order valence-electron chi connectivity index (χ0n) is 12.7. The second kappa shape index (κ2) is 6.63. The van der Waals surface area contributed by atoms with Crippen molar-refractivity contribution in [2.24, 2.45) is 0 Å². The lowest BCUT2D eigenvalue weighted by molar-refractivity contribution is 0.102. The molecule has 0 unspecified atom stereocenters. The monoisotopic (exact) mass is 431 g/mol. The Bertz CT molecular complexity index is 1080. The molecule has 4 nitrogen and oxygen atoms in total. The summed E-state index contributed by atoms with van der Waals surface area (Å²) < 4.78 is 2.65. The molecule has 3 aromatic heterocycles. The average Bonchev–Trinajstić information content (AvgIpc) is 3.25. The van der Waals surface area contributed by atoms with Gasteiger partial charge in [0.2, 0.25) is 0 Å². The van der Waals surface area contributed by atoms with Crippen molar-refractivity contribution < 1.29 is 4.79 Å². The molecule has 0 saturated heterocycles. The molecule has 0 bridgehead atoms. The van der Waals surface area contributed by atoms with E-state index in [1.165, 1.54) is 0 Å². The Kier molecular flexibility index (Phi) is 4.33. The average molecular weight is 433 g/mol. The van der Waals surface area contributed by atoms with Crippen molar-refractivity contribution in [3.63, 3.8) is 0 Å². The van der Waals surface area contributed by atoms with Crippen molar-refractivity contribution in [3.05, 3.63) is 75.2 Å². The molecule has 1 aromatic carbocycles. The molecule has 124 valence electrons. The first-order valence-electron chi connectivity index (χ1n) is 7.41. The second-order valence-corrected chi connectivity index (χ2v) is 7.56. The molecule has 0 saturated carbocycles. The summed E-state index contributed by atoms with van der Waals surface area (Å²) in [5.41, 5.74) is 1.90. The smallest absolute Gasteiger partial charge is 0.258 e. The van der Waals surface area contributed by atoms with Gasteiger partial charge in [-0.1, -0.05) is 39.7 Å². The van der Waals surface area contributed by atoms with E-state index in [1.807, 2.05) is 46.3 Å². The first-order valence-corrected chi connectivity index (χ1v) is 9.46. The van der Waals surface area contributed by atoms with Crippen LogP contribution in [-0.4, -0.2) is 15.3 Å².